The van der Waals surface area contributed by atoms with Crippen molar-refractivity contribution in [1.29, 1.82) is 0 Å². The molecule has 0 saturated carbocycles. The number of hydrogen-bond donors (Lipinski definition) is 1. The lowest BCUT2D eigenvalue weighted by atomic mass is 10.2. The predicted octanol–water partition coefficient (Wildman–Crippen LogP) is 0.871. The van der Waals surface area contributed by atoms with Gasteiger partial charge in [-0.1, -0.05) is 0 Å². The molecule has 2 heterocycles. The zero-order valence-electron chi connectivity index (χ0n) is 9.27. The van der Waals surface area contributed by atoms with Gasteiger partial charge in [0, 0.05) is 6.54 Å². The molecule has 0 aromatic carbocycles. The van der Waals surface area contributed by atoms with Crippen LogP contribution in [0.3, 0.4) is 0 Å². The summed E-state index contributed by atoms with van der Waals surface area (Å²) in [7, 11) is 4.12. The minimum Gasteiger partial charge on any atom is -0.468 e. The molecule has 1 saturated heterocycles. The lowest BCUT2D eigenvalue weighted by Gasteiger charge is -2.30. The van der Waals surface area contributed by atoms with Gasteiger partial charge in [-0.3, -0.25) is 4.90 Å². The van der Waals surface area contributed by atoms with Crippen molar-refractivity contribution in [3.05, 3.63) is 24.2 Å². The summed E-state index contributed by atoms with van der Waals surface area (Å²) < 4.78 is 10.5. The second-order valence-corrected chi connectivity index (χ2v) is 4.14. The molecule has 0 amide bonds. The molecular weight excluding hydrogens is 192 g/mol. The van der Waals surface area contributed by atoms with E-state index in [0.29, 0.717) is 12.1 Å². The molecule has 0 aliphatic carbocycles. The van der Waals surface area contributed by atoms with E-state index in [0.717, 1.165) is 25.5 Å². The maximum Gasteiger partial charge on any atom is 0.122 e. The predicted molar refractivity (Wildman–Crippen MR) is 57.7 cm³/mol. The molecular formula is C11H18N2O2. The third-order valence-electron chi connectivity index (χ3n) is 2.73. The second kappa shape index (κ2) is 4.79. The molecule has 2 rings (SSSR count). The molecule has 4 heteroatoms. The number of nitrogens with one attached hydrogen (secondary N) is 1. The Balaban J connectivity index is 1.88. The maximum absolute atomic E-state index is 5.43. The first-order valence-corrected chi connectivity index (χ1v) is 5.28. The lowest BCUT2D eigenvalue weighted by molar-refractivity contribution is -0.00760. The van der Waals surface area contributed by atoms with Crippen LogP contribution in [0.4, 0.5) is 0 Å². The summed E-state index contributed by atoms with van der Waals surface area (Å²) in [5.74, 6) is 1.01. The largest absolute Gasteiger partial charge is 0.468 e. The first kappa shape index (κ1) is 10.7. The summed E-state index contributed by atoms with van der Waals surface area (Å²) in [5.41, 5.74) is 0. The summed E-state index contributed by atoms with van der Waals surface area (Å²) in [4.78, 5) is 2.16. The van der Waals surface area contributed by atoms with Crippen LogP contribution in [-0.2, 0) is 4.74 Å². The highest BCUT2D eigenvalue weighted by Crippen LogP contribution is 2.18. The van der Waals surface area contributed by atoms with Gasteiger partial charge in [0.05, 0.1) is 31.6 Å². The second-order valence-electron chi connectivity index (χ2n) is 4.14. The van der Waals surface area contributed by atoms with Crippen LogP contribution in [0.2, 0.25) is 0 Å². The highest BCUT2D eigenvalue weighted by Gasteiger charge is 2.22. The number of likely N-dealkylation sites (N-methyl/N-ethyl adjacent to an activating group) is 1. The molecule has 4 nitrogen and oxygen atoms in total. The van der Waals surface area contributed by atoms with Crippen molar-refractivity contribution in [1.82, 2.24) is 10.2 Å². The minimum atomic E-state index is 0.292. The number of ether oxygens (including phenoxy) is 1. The minimum absolute atomic E-state index is 0.292. The first-order valence-electron chi connectivity index (χ1n) is 5.28. The Hall–Kier alpha value is -0.840. The van der Waals surface area contributed by atoms with Crippen molar-refractivity contribution < 1.29 is 9.15 Å². The van der Waals surface area contributed by atoms with Gasteiger partial charge in [0.2, 0.25) is 0 Å². The Kier molecular flexibility index (Phi) is 3.41. The highest BCUT2D eigenvalue weighted by molar-refractivity contribution is 5.05. The zero-order chi connectivity index (χ0) is 10.7. The SMILES string of the molecule is CN(C)C(CNC1COC1)c1ccco1. The van der Waals surface area contributed by atoms with Crippen LogP contribution in [0.25, 0.3) is 0 Å². The highest BCUT2D eigenvalue weighted by atomic mass is 16.5. The van der Waals surface area contributed by atoms with Gasteiger partial charge < -0.3 is 14.5 Å². The molecule has 1 unspecified atom stereocenters. The molecule has 1 fully saturated rings. The van der Waals surface area contributed by atoms with E-state index in [1.54, 1.807) is 6.26 Å². The summed E-state index contributed by atoms with van der Waals surface area (Å²) in [6.45, 7) is 2.56. The van der Waals surface area contributed by atoms with Gasteiger partial charge in [-0.25, -0.2) is 0 Å². The topological polar surface area (TPSA) is 37.6 Å². The molecule has 1 N–H and O–H groups in total. The van der Waals surface area contributed by atoms with Gasteiger partial charge in [0.15, 0.2) is 0 Å². The van der Waals surface area contributed by atoms with Gasteiger partial charge in [0.25, 0.3) is 0 Å². The smallest absolute Gasteiger partial charge is 0.122 e. The number of hydrogen-bond acceptors (Lipinski definition) is 4. The number of furan rings is 1. The van der Waals surface area contributed by atoms with E-state index in [9.17, 15) is 0 Å². The average Bonchev–Trinajstić information content (AvgIpc) is 2.61. The Morgan fingerprint density at radius 2 is 2.33 bits per heavy atom. The summed E-state index contributed by atoms with van der Waals surface area (Å²) >= 11 is 0. The zero-order valence-corrected chi connectivity index (χ0v) is 9.27. The Morgan fingerprint density at radius 3 is 2.80 bits per heavy atom. The molecule has 0 spiro atoms. The van der Waals surface area contributed by atoms with Crippen LogP contribution in [0.5, 0.6) is 0 Å². The van der Waals surface area contributed by atoms with Crippen molar-refractivity contribution in [2.75, 3.05) is 33.9 Å². The van der Waals surface area contributed by atoms with Crippen LogP contribution in [0, 0.1) is 0 Å². The van der Waals surface area contributed by atoms with Crippen molar-refractivity contribution >= 4 is 0 Å². The van der Waals surface area contributed by atoms with Crippen LogP contribution in [0.15, 0.2) is 22.8 Å². The molecule has 84 valence electrons. The van der Waals surface area contributed by atoms with E-state index in [1.165, 1.54) is 0 Å². The van der Waals surface area contributed by atoms with E-state index in [1.807, 2.05) is 12.1 Å². The maximum atomic E-state index is 5.43. The van der Waals surface area contributed by atoms with Crippen LogP contribution >= 0.6 is 0 Å². The Labute approximate surface area is 90.2 Å². The van der Waals surface area contributed by atoms with Gasteiger partial charge in [-0.05, 0) is 26.2 Å². The van der Waals surface area contributed by atoms with Crippen molar-refractivity contribution in [2.24, 2.45) is 0 Å². The van der Waals surface area contributed by atoms with E-state index >= 15 is 0 Å². The molecule has 1 aromatic heterocycles. The van der Waals surface area contributed by atoms with Crippen molar-refractivity contribution in [3.63, 3.8) is 0 Å². The summed E-state index contributed by atoms with van der Waals surface area (Å²) in [6.07, 6.45) is 1.72. The molecule has 1 aromatic rings. The fourth-order valence-corrected chi connectivity index (χ4v) is 1.65. The molecule has 1 atom stereocenters. The normalized spacial score (nSPS) is 19.1. The Morgan fingerprint density at radius 1 is 1.53 bits per heavy atom. The number of nitrogens with zero attached hydrogens (tertiary/aromatic N) is 1. The van der Waals surface area contributed by atoms with Crippen LogP contribution in [0.1, 0.15) is 11.8 Å². The molecule has 0 bridgehead atoms. The van der Waals surface area contributed by atoms with E-state index < -0.39 is 0 Å². The fraction of sp³-hybridized carbons (Fsp3) is 0.636. The quantitative estimate of drug-likeness (QED) is 0.782. The molecule has 0 radical (unpaired) electrons. The van der Waals surface area contributed by atoms with Crippen molar-refractivity contribution in [2.45, 2.75) is 12.1 Å². The monoisotopic (exact) mass is 210 g/mol. The average molecular weight is 210 g/mol. The third-order valence-corrected chi connectivity index (χ3v) is 2.73. The third kappa shape index (κ3) is 2.59. The molecule has 15 heavy (non-hydrogen) atoms. The van der Waals surface area contributed by atoms with Crippen LogP contribution in [-0.4, -0.2) is 44.8 Å². The Bertz CT molecular complexity index is 281. The van der Waals surface area contributed by atoms with Gasteiger partial charge in [-0.2, -0.15) is 0 Å². The van der Waals surface area contributed by atoms with E-state index in [2.05, 4.69) is 24.3 Å². The molecule has 1 aliphatic rings. The van der Waals surface area contributed by atoms with Crippen LogP contribution < -0.4 is 5.32 Å². The fourth-order valence-electron chi connectivity index (χ4n) is 1.65. The molecule has 1 aliphatic heterocycles. The lowest BCUT2D eigenvalue weighted by Crippen LogP contribution is -2.48. The standard InChI is InChI=1S/C11H18N2O2/c1-13(2)10(11-4-3-5-15-11)6-12-9-7-14-8-9/h3-5,9-10,12H,6-8H2,1-2H3. The van der Waals surface area contributed by atoms with E-state index in [-0.39, 0.29) is 0 Å². The number of rotatable bonds is 5. The van der Waals surface area contributed by atoms with Gasteiger partial charge in [0.1, 0.15) is 5.76 Å². The first-order chi connectivity index (χ1) is 7.27. The van der Waals surface area contributed by atoms with Gasteiger partial charge >= 0.3 is 0 Å². The summed E-state index contributed by atoms with van der Waals surface area (Å²) in [6, 6.07) is 4.75. The van der Waals surface area contributed by atoms with Gasteiger partial charge in [-0.15, -0.1) is 0 Å². The van der Waals surface area contributed by atoms with Crippen molar-refractivity contribution in [3.8, 4) is 0 Å². The van der Waals surface area contributed by atoms with E-state index in [4.69, 9.17) is 9.15 Å². The summed E-state index contributed by atoms with van der Waals surface area (Å²) in [5, 5.41) is 3.46.